The van der Waals surface area contributed by atoms with Crippen molar-refractivity contribution < 1.29 is 13.9 Å². The molecule has 0 saturated carbocycles. The molecule has 1 aromatic heterocycles. The van der Waals surface area contributed by atoms with Crippen molar-refractivity contribution in [2.24, 2.45) is 0 Å². The van der Waals surface area contributed by atoms with Crippen molar-refractivity contribution in [2.45, 2.75) is 45.3 Å². The van der Waals surface area contributed by atoms with Gasteiger partial charge in [-0.3, -0.25) is 0 Å². The number of carbonyl (C=O) groups is 1. The second kappa shape index (κ2) is 6.43. The van der Waals surface area contributed by atoms with E-state index in [1.54, 1.807) is 24.7 Å². The van der Waals surface area contributed by atoms with Gasteiger partial charge in [0.15, 0.2) is 0 Å². The summed E-state index contributed by atoms with van der Waals surface area (Å²) in [5.41, 5.74) is 2.03. The molecule has 6 heteroatoms. The van der Waals surface area contributed by atoms with Crippen LogP contribution in [0.15, 0.2) is 29.1 Å². The maximum absolute atomic E-state index is 14.2. The first-order valence-electron chi connectivity index (χ1n) is 7.68. The van der Waals surface area contributed by atoms with Gasteiger partial charge >= 0.3 is 5.97 Å². The fourth-order valence-corrected chi connectivity index (χ4v) is 3.53. The van der Waals surface area contributed by atoms with E-state index in [1.807, 2.05) is 6.07 Å². The fourth-order valence-electron chi connectivity index (χ4n) is 3.09. The van der Waals surface area contributed by atoms with Gasteiger partial charge in [0.1, 0.15) is 11.5 Å². The number of rotatable bonds is 3. The minimum absolute atomic E-state index is 0.108. The molecule has 0 bridgehead atoms. The number of halogens is 2. The van der Waals surface area contributed by atoms with E-state index in [0.29, 0.717) is 16.6 Å². The van der Waals surface area contributed by atoms with Crippen LogP contribution in [0.3, 0.4) is 0 Å². The van der Waals surface area contributed by atoms with E-state index in [1.165, 1.54) is 12.3 Å². The molecule has 23 heavy (non-hydrogen) atoms. The van der Waals surface area contributed by atoms with Gasteiger partial charge in [0, 0.05) is 4.47 Å². The number of fused-ring (bicyclic) bond motifs is 1. The van der Waals surface area contributed by atoms with Crippen molar-refractivity contribution in [3.05, 3.63) is 51.8 Å². The topological polar surface area (TPSA) is 44.1 Å². The SMILES string of the molecule is CC(C)OC(=O)c1cncn1C1CCCc2c(F)cc(Br)cc21. The van der Waals surface area contributed by atoms with E-state index >= 15 is 0 Å². The van der Waals surface area contributed by atoms with Gasteiger partial charge in [-0.05, 0) is 56.4 Å². The number of hydrogen-bond acceptors (Lipinski definition) is 3. The third-order valence-corrected chi connectivity index (χ3v) is 4.47. The third kappa shape index (κ3) is 3.17. The fraction of sp³-hybridized carbons (Fsp3) is 0.412. The summed E-state index contributed by atoms with van der Waals surface area (Å²) in [6.45, 7) is 3.61. The first-order chi connectivity index (χ1) is 11.0. The minimum Gasteiger partial charge on any atom is -0.458 e. The van der Waals surface area contributed by atoms with Gasteiger partial charge in [0.2, 0.25) is 0 Å². The van der Waals surface area contributed by atoms with Crippen molar-refractivity contribution in [3.8, 4) is 0 Å². The maximum Gasteiger partial charge on any atom is 0.356 e. The Morgan fingerprint density at radius 1 is 1.48 bits per heavy atom. The van der Waals surface area contributed by atoms with Gasteiger partial charge in [-0.1, -0.05) is 15.9 Å². The van der Waals surface area contributed by atoms with Gasteiger partial charge in [0.05, 0.1) is 24.7 Å². The normalized spacial score (nSPS) is 17.2. The Bertz CT molecular complexity index is 742. The summed E-state index contributed by atoms with van der Waals surface area (Å²) in [7, 11) is 0. The summed E-state index contributed by atoms with van der Waals surface area (Å²) in [6.07, 6.45) is 5.35. The number of imidazole rings is 1. The molecule has 0 aliphatic heterocycles. The van der Waals surface area contributed by atoms with Crippen LogP contribution >= 0.6 is 15.9 Å². The zero-order chi connectivity index (χ0) is 16.6. The molecule has 1 aliphatic carbocycles. The second-order valence-corrected chi connectivity index (χ2v) is 6.92. The van der Waals surface area contributed by atoms with E-state index in [0.717, 1.165) is 24.0 Å². The molecule has 0 saturated heterocycles. The summed E-state index contributed by atoms with van der Waals surface area (Å²) >= 11 is 3.36. The van der Waals surface area contributed by atoms with E-state index in [2.05, 4.69) is 20.9 Å². The Morgan fingerprint density at radius 3 is 3.00 bits per heavy atom. The number of esters is 1. The van der Waals surface area contributed by atoms with Gasteiger partial charge in [0.25, 0.3) is 0 Å². The Kier molecular flexibility index (Phi) is 4.53. The zero-order valence-corrected chi connectivity index (χ0v) is 14.6. The number of ether oxygens (including phenoxy) is 1. The van der Waals surface area contributed by atoms with Crippen molar-refractivity contribution in [3.63, 3.8) is 0 Å². The number of benzene rings is 1. The molecule has 3 rings (SSSR count). The van der Waals surface area contributed by atoms with E-state index in [9.17, 15) is 9.18 Å². The van der Waals surface area contributed by atoms with Crippen LogP contribution in [-0.4, -0.2) is 21.6 Å². The lowest BCUT2D eigenvalue weighted by molar-refractivity contribution is 0.0363. The average Bonchev–Trinajstić information content (AvgIpc) is 2.95. The lowest BCUT2D eigenvalue weighted by Crippen LogP contribution is -2.23. The number of nitrogens with zero attached hydrogens (tertiary/aromatic N) is 2. The molecule has 2 aromatic rings. The highest BCUT2D eigenvalue weighted by Crippen LogP contribution is 2.36. The molecule has 0 amide bonds. The molecule has 1 unspecified atom stereocenters. The monoisotopic (exact) mass is 380 g/mol. The van der Waals surface area contributed by atoms with Crippen LogP contribution in [0, 0.1) is 5.82 Å². The molecule has 0 fully saturated rings. The van der Waals surface area contributed by atoms with Gasteiger partial charge in [-0.25, -0.2) is 14.2 Å². The molecule has 0 N–H and O–H groups in total. The smallest absolute Gasteiger partial charge is 0.356 e. The standard InChI is InChI=1S/C17H18BrFN2O2/c1-10(2)23-17(22)16-8-20-9-21(16)15-5-3-4-12-13(15)6-11(18)7-14(12)19/h6-10,15H,3-5H2,1-2H3. The van der Waals surface area contributed by atoms with Crippen LogP contribution in [0.1, 0.15) is 54.3 Å². The van der Waals surface area contributed by atoms with Crippen LogP contribution in [0.25, 0.3) is 0 Å². The predicted octanol–water partition coefficient (Wildman–Crippen LogP) is 4.28. The van der Waals surface area contributed by atoms with Crippen LogP contribution in [0.5, 0.6) is 0 Å². The molecular weight excluding hydrogens is 363 g/mol. The quantitative estimate of drug-likeness (QED) is 0.746. The summed E-state index contributed by atoms with van der Waals surface area (Å²) in [4.78, 5) is 16.4. The van der Waals surface area contributed by atoms with Gasteiger partial charge in [-0.2, -0.15) is 0 Å². The molecule has 0 radical (unpaired) electrons. The van der Waals surface area contributed by atoms with Crippen molar-refractivity contribution >= 4 is 21.9 Å². The zero-order valence-electron chi connectivity index (χ0n) is 13.1. The largest absolute Gasteiger partial charge is 0.458 e. The Hall–Kier alpha value is -1.69. The highest BCUT2D eigenvalue weighted by atomic mass is 79.9. The van der Waals surface area contributed by atoms with E-state index in [4.69, 9.17) is 4.74 Å². The first-order valence-corrected chi connectivity index (χ1v) is 8.47. The van der Waals surface area contributed by atoms with Crippen molar-refractivity contribution in [2.75, 3.05) is 0 Å². The molecule has 4 nitrogen and oxygen atoms in total. The van der Waals surface area contributed by atoms with Crippen LogP contribution in [-0.2, 0) is 11.2 Å². The molecule has 0 spiro atoms. The highest BCUT2D eigenvalue weighted by molar-refractivity contribution is 9.10. The van der Waals surface area contributed by atoms with E-state index in [-0.39, 0.29) is 18.0 Å². The van der Waals surface area contributed by atoms with Crippen molar-refractivity contribution in [1.29, 1.82) is 0 Å². The van der Waals surface area contributed by atoms with Gasteiger partial charge in [-0.15, -0.1) is 0 Å². The molecule has 1 atom stereocenters. The summed E-state index contributed by atoms with van der Waals surface area (Å²) in [6, 6.07) is 3.31. The summed E-state index contributed by atoms with van der Waals surface area (Å²) < 4.78 is 22.0. The second-order valence-electron chi connectivity index (χ2n) is 6.00. The van der Waals surface area contributed by atoms with Crippen molar-refractivity contribution in [1.82, 2.24) is 9.55 Å². The maximum atomic E-state index is 14.2. The molecule has 1 aromatic carbocycles. The van der Waals surface area contributed by atoms with Crippen LogP contribution < -0.4 is 0 Å². The van der Waals surface area contributed by atoms with E-state index < -0.39 is 5.97 Å². The summed E-state index contributed by atoms with van der Waals surface area (Å²) in [5, 5.41) is 0. The van der Waals surface area contributed by atoms with Crippen LogP contribution in [0.2, 0.25) is 0 Å². The Morgan fingerprint density at radius 2 is 2.26 bits per heavy atom. The number of carbonyl (C=O) groups excluding carboxylic acids is 1. The lowest BCUT2D eigenvalue weighted by atomic mass is 9.87. The lowest BCUT2D eigenvalue weighted by Gasteiger charge is -2.28. The minimum atomic E-state index is -0.403. The van der Waals surface area contributed by atoms with Gasteiger partial charge < -0.3 is 9.30 Å². The third-order valence-electron chi connectivity index (χ3n) is 4.01. The average molecular weight is 381 g/mol. The molecule has 1 heterocycles. The molecule has 122 valence electrons. The first kappa shape index (κ1) is 16.2. The highest BCUT2D eigenvalue weighted by Gasteiger charge is 2.28. The predicted molar refractivity (Wildman–Crippen MR) is 88.0 cm³/mol. The Labute approximate surface area is 142 Å². The molecular formula is C17H18BrFN2O2. The molecule has 1 aliphatic rings. The summed E-state index contributed by atoms with van der Waals surface area (Å²) in [5.74, 6) is -0.606. The number of aromatic nitrogens is 2. The van der Waals surface area contributed by atoms with Crippen LogP contribution in [0.4, 0.5) is 4.39 Å². The Balaban J connectivity index is 2.03. The number of hydrogen-bond donors (Lipinski definition) is 0.